The number of hydrogen-bond acceptors (Lipinski definition) is 1. The van der Waals surface area contributed by atoms with Crippen molar-refractivity contribution < 1.29 is 4.79 Å². The van der Waals surface area contributed by atoms with Crippen molar-refractivity contribution in [3.63, 3.8) is 0 Å². The Hall–Kier alpha value is -2.24. The first-order chi connectivity index (χ1) is 11.7. The molecule has 120 valence electrons. The maximum atomic E-state index is 12.5. The van der Waals surface area contributed by atoms with Crippen molar-refractivity contribution in [3.05, 3.63) is 91.0 Å². The lowest BCUT2D eigenvalue weighted by Gasteiger charge is -2.31. The monoisotopic (exact) mass is 333 g/mol. The third-order valence-electron chi connectivity index (χ3n) is 4.66. The van der Waals surface area contributed by atoms with Gasteiger partial charge in [0.05, 0.1) is 0 Å². The van der Waals surface area contributed by atoms with E-state index in [0.717, 1.165) is 0 Å². The van der Waals surface area contributed by atoms with E-state index in [1.165, 1.54) is 15.9 Å². The number of carbonyl (C=O) groups excluding carboxylic acids is 1. The average Bonchev–Trinajstić information content (AvgIpc) is 2.65. The first-order valence-corrected chi connectivity index (χ1v) is 10.1. The molecule has 0 aliphatic rings. The minimum Gasteiger partial charge on any atom is -0.296 e. The molecule has 0 unspecified atom stereocenters. The SMILES string of the molecule is CC(=O)[C@@H](C)[P+](c1ccccc1)(c1ccccc1)c1ccccc1. The van der Waals surface area contributed by atoms with Crippen molar-refractivity contribution in [2.24, 2.45) is 0 Å². The molecule has 0 saturated heterocycles. The molecule has 0 saturated carbocycles. The van der Waals surface area contributed by atoms with Crippen molar-refractivity contribution in [3.8, 4) is 0 Å². The molecule has 0 fully saturated rings. The molecular weight excluding hydrogens is 311 g/mol. The van der Waals surface area contributed by atoms with Gasteiger partial charge in [0.25, 0.3) is 0 Å². The van der Waals surface area contributed by atoms with Gasteiger partial charge in [0.2, 0.25) is 0 Å². The molecular formula is C22H22OP+. The zero-order valence-electron chi connectivity index (χ0n) is 14.1. The van der Waals surface area contributed by atoms with Crippen LogP contribution in [0.15, 0.2) is 91.0 Å². The second-order valence-electron chi connectivity index (χ2n) is 6.02. The first kappa shape index (κ1) is 16.6. The molecule has 0 aliphatic heterocycles. The highest BCUT2D eigenvalue weighted by Gasteiger charge is 2.52. The van der Waals surface area contributed by atoms with Crippen molar-refractivity contribution in [1.29, 1.82) is 0 Å². The van der Waals surface area contributed by atoms with Gasteiger partial charge in [-0.3, -0.25) is 4.79 Å². The average molecular weight is 333 g/mol. The van der Waals surface area contributed by atoms with Crippen molar-refractivity contribution in [1.82, 2.24) is 0 Å². The van der Waals surface area contributed by atoms with Gasteiger partial charge < -0.3 is 0 Å². The van der Waals surface area contributed by atoms with Crippen molar-refractivity contribution in [2.75, 3.05) is 0 Å². The summed E-state index contributed by atoms with van der Waals surface area (Å²) in [7, 11) is -2.05. The molecule has 1 nitrogen and oxygen atoms in total. The first-order valence-electron chi connectivity index (χ1n) is 8.23. The van der Waals surface area contributed by atoms with E-state index >= 15 is 0 Å². The largest absolute Gasteiger partial charge is 0.296 e. The molecule has 0 spiro atoms. The van der Waals surface area contributed by atoms with E-state index < -0.39 is 7.26 Å². The highest BCUT2D eigenvalue weighted by Crippen LogP contribution is 2.59. The minimum absolute atomic E-state index is 0.0651. The molecule has 3 aromatic carbocycles. The molecule has 0 aliphatic carbocycles. The molecule has 3 aromatic rings. The maximum absolute atomic E-state index is 12.5. The summed E-state index contributed by atoms with van der Waals surface area (Å²) in [6, 6.07) is 31.6. The lowest BCUT2D eigenvalue weighted by atomic mass is 10.3. The van der Waals surface area contributed by atoms with Crippen LogP contribution in [0.25, 0.3) is 0 Å². The maximum Gasteiger partial charge on any atom is 0.170 e. The Morgan fingerprint density at radius 1 is 0.667 bits per heavy atom. The quantitative estimate of drug-likeness (QED) is 0.646. The topological polar surface area (TPSA) is 17.1 Å². The van der Waals surface area contributed by atoms with E-state index in [9.17, 15) is 4.79 Å². The molecule has 0 heterocycles. The molecule has 0 radical (unpaired) electrons. The van der Waals surface area contributed by atoms with Gasteiger partial charge in [0, 0.05) is 0 Å². The predicted molar refractivity (Wildman–Crippen MR) is 105 cm³/mol. The Balaban J connectivity index is 2.39. The number of carbonyl (C=O) groups is 1. The number of hydrogen-bond donors (Lipinski definition) is 0. The zero-order valence-corrected chi connectivity index (χ0v) is 15.0. The predicted octanol–water partition coefficient (Wildman–Crippen LogP) is 3.96. The normalized spacial score (nSPS) is 12.6. The fourth-order valence-corrected chi connectivity index (χ4v) is 8.09. The Kier molecular flexibility index (Phi) is 4.92. The highest BCUT2D eigenvalue weighted by atomic mass is 31.2. The van der Waals surface area contributed by atoms with Crippen molar-refractivity contribution in [2.45, 2.75) is 19.5 Å². The van der Waals surface area contributed by atoms with Gasteiger partial charge in [-0.25, -0.2) is 0 Å². The van der Waals surface area contributed by atoms with Crippen LogP contribution in [-0.2, 0) is 4.79 Å². The summed E-state index contributed by atoms with van der Waals surface area (Å²) in [6.07, 6.45) is 0. The van der Waals surface area contributed by atoms with E-state index in [1.54, 1.807) is 6.92 Å². The van der Waals surface area contributed by atoms with Crippen LogP contribution < -0.4 is 15.9 Å². The minimum atomic E-state index is -2.05. The molecule has 0 N–H and O–H groups in total. The third kappa shape index (κ3) is 2.81. The smallest absolute Gasteiger partial charge is 0.170 e. The van der Waals surface area contributed by atoms with E-state index in [4.69, 9.17) is 0 Å². The number of rotatable bonds is 5. The molecule has 3 rings (SSSR count). The molecule has 1 atom stereocenters. The highest BCUT2D eigenvalue weighted by molar-refractivity contribution is 7.96. The van der Waals surface area contributed by atoms with Gasteiger partial charge in [-0.2, -0.15) is 0 Å². The number of ketones is 1. The van der Waals surface area contributed by atoms with Crippen LogP contribution in [0.2, 0.25) is 0 Å². The van der Waals surface area contributed by atoms with E-state index in [1.807, 2.05) is 18.2 Å². The van der Waals surface area contributed by atoms with E-state index in [-0.39, 0.29) is 11.4 Å². The molecule has 24 heavy (non-hydrogen) atoms. The van der Waals surface area contributed by atoms with Gasteiger partial charge in [-0.1, -0.05) is 54.6 Å². The summed E-state index contributed by atoms with van der Waals surface area (Å²) < 4.78 is 0. The van der Waals surface area contributed by atoms with E-state index in [0.29, 0.717) is 0 Å². The summed E-state index contributed by atoms with van der Waals surface area (Å²) in [5, 5.41) is 3.76. The van der Waals surface area contributed by atoms with Gasteiger partial charge in [0.15, 0.2) is 5.78 Å². The van der Waals surface area contributed by atoms with Gasteiger partial charge in [-0.15, -0.1) is 0 Å². The summed E-state index contributed by atoms with van der Waals surface area (Å²) in [5.41, 5.74) is -0.0651. The van der Waals surface area contributed by atoms with Crippen LogP contribution in [-0.4, -0.2) is 11.4 Å². The molecule has 0 amide bonds. The standard InChI is InChI=1S/C22H22OP/c1-18(23)19(2)24(20-12-6-3-7-13-20,21-14-8-4-9-15-21)22-16-10-5-11-17-22/h3-17,19H,1-2H3/q+1/t19-/m1/s1. The molecule has 0 aromatic heterocycles. The van der Waals surface area contributed by atoms with Crippen LogP contribution in [0, 0.1) is 0 Å². The Morgan fingerprint density at radius 2 is 0.958 bits per heavy atom. The fourth-order valence-electron chi connectivity index (χ4n) is 3.38. The fraction of sp³-hybridized carbons (Fsp3) is 0.136. The van der Waals surface area contributed by atoms with Crippen LogP contribution in [0.1, 0.15) is 13.8 Å². The van der Waals surface area contributed by atoms with E-state index in [2.05, 4.69) is 79.7 Å². The van der Waals surface area contributed by atoms with Crippen molar-refractivity contribution >= 4 is 29.0 Å². The van der Waals surface area contributed by atoms with Gasteiger partial charge in [0.1, 0.15) is 28.8 Å². The Morgan fingerprint density at radius 3 is 1.21 bits per heavy atom. The second kappa shape index (κ2) is 7.11. The molecule has 2 heteroatoms. The Labute approximate surface area is 144 Å². The third-order valence-corrected chi connectivity index (χ3v) is 9.52. The van der Waals surface area contributed by atoms with Crippen LogP contribution in [0.4, 0.5) is 0 Å². The van der Waals surface area contributed by atoms with Gasteiger partial charge >= 0.3 is 0 Å². The summed E-state index contributed by atoms with van der Waals surface area (Å²) in [5.74, 6) is 0.236. The Bertz CT molecular complexity index is 700. The summed E-state index contributed by atoms with van der Waals surface area (Å²) >= 11 is 0. The number of Topliss-reactive ketones (excluding diaryl/α,β-unsaturated/α-hetero) is 1. The van der Waals surface area contributed by atoms with Crippen LogP contribution in [0.3, 0.4) is 0 Å². The second-order valence-corrected chi connectivity index (χ2v) is 9.79. The summed E-state index contributed by atoms with van der Waals surface area (Å²) in [4.78, 5) is 12.5. The lowest BCUT2D eigenvalue weighted by Crippen LogP contribution is -2.40. The molecule has 0 bridgehead atoms. The lowest BCUT2D eigenvalue weighted by molar-refractivity contribution is -0.116. The van der Waals surface area contributed by atoms with Gasteiger partial charge in [-0.05, 0) is 50.2 Å². The van der Waals surface area contributed by atoms with Crippen LogP contribution >= 0.6 is 7.26 Å². The van der Waals surface area contributed by atoms with Crippen LogP contribution in [0.5, 0.6) is 0 Å². The number of benzene rings is 3. The summed E-state index contributed by atoms with van der Waals surface area (Å²) in [6.45, 7) is 3.80. The zero-order chi connectivity index (χ0) is 17.0.